The lowest BCUT2D eigenvalue weighted by atomic mass is 10.1. The summed E-state index contributed by atoms with van der Waals surface area (Å²) in [5, 5.41) is 5.57. The molecule has 2 aromatic carbocycles. The molecule has 0 unspecified atom stereocenters. The number of nitrogens with zero attached hydrogens (tertiary/aromatic N) is 5. The van der Waals surface area contributed by atoms with Crippen molar-refractivity contribution in [2.75, 3.05) is 52.3 Å². The largest absolute Gasteiger partial charge is 0.494 e. The molecule has 2 aromatic heterocycles. The van der Waals surface area contributed by atoms with Crippen molar-refractivity contribution in [3.8, 4) is 17.0 Å². The first kappa shape index (κ1) is 29.5. The van der Waals surface area contributed by atoms with Gasteiger partial charge in [-0.1, -0.05) is 11.6 Å². The van der Waals surface area contributed by atoms with Crippen LogP contribution in [0.25, 0.3) is 16.9 Å². The van der Waals surface area contributed by atoms with Crippen LogP contribution < -0.4 is 15.4 Å². The number of ether oxygens (including phenoxy) is 2. The summed E-state index contributed by atoms with van der Waals surface area (Å²) >= 11 is 6.50. The molecule has 5 rings (SSSR count). The van der Waals surface area contributed by atoms with Crippen molar-refractivity contribution in [1.29, 1.82) is 0 Å². The maximum Gasteiger partial charge on any atom is 0.407 e. The average Bonchev–Trinajstić information content (AvgIpc) is 3.45. The van der Waals surface area contributed by atoms with E-state index in [2.05, 4.69) is 20.6 Å². The van der Waals surface area contributed by atoms with Gasteiger partial charge in [0, 0.05) is 56.9 Å². The minimum absolute atomic E-state index is 0.00344. The number of carbonyl (C=O) groups is 3. The zero-order chi connectivity index (χ0) is 30.7. The Kier molecular flexibility index (Phi) is 8.57. The fourth-order valence-electron chi connectivity index (χ4n) is 4.62. The number of alkyl carbamates (subject to hydrolysis) is 1. The predicted molar refractivity (Wildman–Crippen MR) is 153 cm³/mol. The smallest absolute Gasteiger partial charge is 0.407 e. The number of rotatable bonds is 7. The van der Waals surface area contributed by atoms with Crippen LogP contribution in [0, 0.1) is 11.6 Å². The van der Waals surface area contributed by atoms with Crippen molar-refractivity contribution < 1.29 is 32.6 Å². The number of nitrogens with one attached hydrogen (secondary N) is 2. The minimum Gasteiger partial charge on any atom is -0.494 e. The SMILES string of the molecule is CNC(=O)OCC(=O)N1CCN(C(=O)c2ccc(Nc3nccn4c(-c5ccc(OC)c(F)c5F)cnc34)cc2Cl)CC1. The highest BCUT2D eigenvalue weighted by molar-refractivity contribution is 6.34. The Labute approximate surface area is 249 Å². The molecule has 0 aliphatic carbocycles. The van der Waals surface area contributed by atoms with Gasteiger partial charge >= 0.3 is 6.09 Å². The molecule has 43 heavy (non-hydrogen) atoms. The molecule has 1 saturated heterocycles. The summed E-state index contributed by atoms with van der Waals surface area (Å²) in [6.07, 6.45) is 3.76. The fourth-order valence-corrected chi connectivity index (χ4v) is 4.88. The van der Waals surface area contributed by atoms with Crippen LogP contribution in [0.3, 0.4) is 0 Å². The normalized spacial score (nSPS) is 13.1. The molecule has 0 radical (unpaired) electrons. The standard InChI is InChI=1S/C28H26ClF2N7O5/c1-32-28(41)43-15-22(39)36-9-11-37(12-10-36)27(40)17-4-3-16(13-19(17)29)35-25-26-34-14-20(38(26)8-7-33-25)18-5-6-21(42-2)24(31)23(18)30/h3-8,13-14H,9-12,15H2,1-2H3,(H,32,41)(H,33,35). The highest BCUT2D eigenvalue weighted by Gasteiger charge is 2.27. The Morgan fingerprint density at radius 1 is 1.02 bits per heavy atom. The maximum absolute atomic E-state index is 14.8. The molecule has 1 aliphatic rings. The van der Waals surface area contributed by atoms with E-state index in [1.807, 2.05) is 0 Å². The Morgan fingerprint density at radius 3 is 2.47 bits per heavy atom. The Bertz CT molecular complexity index is 1710. The van der Waals surface area contributed by atoms with Crippen molar-refractivity contribution in [2.24, 2.45) is 0 Å². The summed E-state index contributed by atoms with van der Waals surface area (Å²) in [6, 6.07) is 7.54. The van der Waals surface area contributed by atoms with E-state index >= 15 is 0 Å². The second-order valence-electron chi connectivity index (χ2n) is 9.37. The first-order valence-electron chi connectivity index (χ1n) is 13.0. The second kappa shape index (κ2) is 12.5. The van der Waals surface area contributed by atoms with E-state index in [0.717, 1.165) is 0 Å². The molecule has 3 heterocycles. The zero-order valence-electron chi connectivity index (χ0n) is 23.1. The minimum atomic E-state index is -1.10. The lowest BCUT2D eigenvalue weighted by Crippen LogP contribution is -2.51. The Balaban J connectivity index is 1.28. The van der Waals surface area contributed by atoms with Crippen molar-refractivity contribution in [3.05, 3.63) is 71.1 Å². The van der Waals surface area contributed by atoms with Crippen molar-refractivity contribution in [3.63, 3.8) is 0 Å². The number of hydrogen-bond acceptors (Lipinski definition) is 8. The number of benzene rings is 2. The van der Waals surface area contributed by atoms with Crippen LogP contribution >= 0.6 is 11.6 Å². The molecule has 15 heteroatoms. The van der Waals surface area contributed by atoms with Gasteiger partial charge in [-0.25, -0.2) is 19.2 Å². The molecule has 0 spiro atoms. The number of anilines is 2. The van der Waals surface area contributed by atoms with Gasteiger partial charge < -0.3 is 29.9 Å². The van der Waals surface area contributed by atoms with Crippen LogP contribution in [-0.4, -0.2) is 89.0 Å². The molecular weight excluding hydrogens is 588 g/mol. The van der Waals surface area contributed by atoms with Gasteiger partial charge in [0.25, 0.3) is 11.8 Å². The monoisotopic (exact) mass is 613 g/mol. The van der Waals surface area contributed by atoms with Crippen molar-refractivity contribution >= 4 is 46.7 Å². The van der Waals surface area contributed by atoms with Gasteiger partial charge in [-0.15, -0.1) is 0 Å². The number of halogens is 3. The molecule has 1 fully saturated rings. The summed E-state index contributed by atoms with van der Waals surface area (Å²) in [4.78, 5) is 48.4. The van der Waals surface area contributed by atoms with Gasteiger partial charge in [-0.05, 0) is 30.3 Å². The summed E-state index contributed by atoms with van der Waals surface area (Å²) < 4.78 is 40.3. The number of fused-ring (bicyclic) bond motifs is 1. The van der Waals surface area contributed by atoms with Gasteiger partial charge in [0.05, 0.1) is 29.6 Å². The number of amides is 3. The van der Waals surface area contributed by atoms with Crippen molar-refractivity contribution in [2.45, 2.75) is 0 Å². The highest BCUT2D eigenvalue weighted by Crippen LogP contribution is 2.32. The molecule has 0 saturated carbocycles. The van der Waals surface area contributed by atoms with Gasteiger partial charge in [-0.2, -0.15) is 4.39 Å². The third kappa shape index (κ3) is 6.00. The molecule has 0 atom stereocenters. The highest BCUT2D eigenvalue weighted by atomic mass is 35.5. The van der Waals surface area contributed by atoms with Crippen LogP contribution in [0.5, 0.6) is 5.75 Å². The molecule has 224 valence electrons. The number of piperazine rings is 1. The third-order valence-electron chi connectivity index (χ3n) is 6.88. The van der Waals surface area contributed by atoms with Gasteiger partial charge in [-0.3, -0.25) is 14.0 Å². The zero-order valence-corrected chi connectivity index (χ0v) is 23.8. The van der Waals surface area contributed by atoms with Gasteiger partial charge in [0.15, 0.2) is 29.6 Å². The number of aromatic nitrogens is 3. The summed E-state index contributed by atoms with van der Waals surface area (Å²) in [6.45, 7) is 0.761. The lowest BCUT2D eigenvalue weighted by molar-refractivity contribution is -0.135. The Hall–Kier alpha value is -4.98. The number of imidazole rings is 1. The molecule has 1 aliphatic heterocycles. The van der Waals surface area contributed by atoms with Crippen LogP contribution in [0.1, 0.15) is 10.4 Å². The van der Waals surface area contributed by atoms with E-state index in [4.69, 9.17) is 21.1 Å². The first-order chi connectivity index (χ1) is 20.7. The van der Waals surface area contributed by atoms with E-state index in [0.29, 0.717) is 22.8 Å². The third-order valence-corrected chi connectivity index (χ3v) is 7.20. The summed E-state index contributed by atoms with van der Waals surface area (Å²) in [7, 11) is 2.65. The lowest BCUT2D eigenvalue weighted by Gasteiger charge is -2.34. The molecule has 2 N–H and O–H groups in total. The fraction of sp³-hybridized carbons (Fsp3) is 0.250. The van der Waals surface area contributed by atoms with Crippen LogP contribution in [0.2, 0.25) is 5.02 Å². The number of methoxy groups -OCH3 is 1. The van der Waals surface area contributed by atoms with Crippen molar-refractivity contribution in [1.82, 2.24) is 29.5 Å². The van der Waals surface area contributed by atoms with E-state index in [9.17, 15) is 23.2 Å². The Morgan fingerprint density at radius 2 is 1.77 bits per heavy atom. The number of hydrogen-bond donors (Lipinski definition) is 2. The quantitative estimate of drug-likeness (QED) is 0.323. The molecule has 0 bridgehead atoms. The van der Waals surface area contributed by atoms with E-state index in [-0.39, 0.29) is 66.5 Å². The average molecular weight is 614 g/mol. The summed E-state index contributed by atoms with van der Waals surface area (Å²) in [5.74, 6) is -2.70. The molecule has 12 nitrogen and oxygen atoms in total. The topological polar surface area (TPSA) is 130 Å². The van der Waals surface area contributed by atoms with Gasteiger partial charge in [0.1, 0.15) is 0 Å². The molecule has 4 aromatic rings. The van der Waals surface area contributed by atoms with Crippen LogP contribution in [0.15, 0.2) is 48.9 Å². The second-order valence-corrected chi connectivity index (χ2v) is 9.78. The number of carbonyl (C=O) groups excluding carboxylic acids is 3. The summed E-state index contributed by atoms with van der Waals surface area (Å²) in [5.41, 5.74) is 1.44. The van der Waals surface area contributed by atoms with E-state index in [1.165, 1.54) is 43.6 Å². The van der Waals surface area contributed by atoms with E-state index in [1.54, 1.807) is 33.7 Å². The van der Waals surface area contributed by atoms with Gasteiger partial charge in [0.2, 0.25) is 5.82 Å². The first-order valence-corrected chi connectivity index (χ1v) is 13.4. The molecular formula is C28H26ClF2N7O5. The van der Waals surface area contributed by atoms with Crippen LogP contribution in [-0.2, 0) is 9.53 Å². The van der Waals surface area contributed by atoms with Crippen LogP contribution in [0.4, 0.5) is 25.1 Å². The molecule has 3 amide bonds. The maximum atomic E-state index is 14.8. The predicted octanol–water partition coefficient (Wildman–Crippen LogP) is 3.72. The van der Waals surface area contributed by atoms with E-state index < -0.39 is 17.7 Å².